The van der Waals surface area contributed by atoms with Crippen LogP contribution in [0.15, 0.2) is 18.5 Å². The van der Waals surface area contributed by atoms with Crippen molar-refractivity contribution in [2.75, 3.05) is 31.6 Å². The molecule has 2 heterocycles. The Morgan fingerprint density at radius 2 is 2.17 bits per heavy atom. The molecule has 0 aliphatic carbocycles. The second-order valence-corrected chi connectivity index (χ2v) is 5.18. The predicted octanol–water partition coefficient (Wildman–Crippen LogP) is 2.74. The first kappa shape index (κ1) is 13.6. The maximum absolute atomic E-state index is 5.99. The fourth-order valence-corrected chi connectivity index (χ4v) is 2.89. The lowest BCUT2D eigenvalue weighted by Gasteiger charge is -2.38. The summed E-state index contributed by atoms with van der Waals surface area (Å²) in [5.41, 5.74) is 2.36. The number of likely N-dealkylation sites (tertiary alicyclic amines) is 1. The molecule has 0 atom stereocenters. The van der Waals surface area contributed by atoms with Crippen LogP contribution in [0.2, 0.25) is 0 Å². The lowest BCUT2D eigenvalue weighted by Crippen LogP contribution is -2.43. The Morgan fingerprint density at radius 1 is 1.44 bits per heavy atom. The van der Waals surface area contributed by atoms with E-state index in [2.05, 4.69) is 34.8 Å². The summed E-state index contributed by atoms with van der Waals surface area (Å²) in [4.78, 5) is 9.04. The zero-order chi connectivity index (χ0) is 13.0. The predicted molar refractivity (Wildman–Crippen MR) is 77.3 cm³/mol. The van der Waals surface area contributed by atoms with Crippen molar-refractivity contribution in [1.82, 2.24) is 9.88 Å². The average molecular weight is 268 g/mol. The largest absolute Gasteiger partial charge is 0.371 e. The molecule has 1 aliphatic heterocycles. The van der Waals surface area contributed by atoms with Gasteiger partial charge in [0.05, 0.1) is 5.88 Å². The van der Waals surface area contributed by atoms with E-state index >= 15 is 0 Å². The van der Waals surface area contributed by atoms with E-state index in [9.17, 15) is 0 Å². The zero-order valence-corrected chi connectivity index (χ0v) is 12.0. The third-order valence-corrected chi connectivity index (χ3v) is 4.24. The van der Waals surface area contributed by atoms with Gasteiger partial charge in [0.1, 0.15) is 0 Å². The van der Waals surface area contributed by atoms with E-state index in [0.29, 0.717) is 11.9 Å². The van der Waals surface area contributed by atoms with E-state index in [-0.39, 0.29) is 0 Å². The van der Waals surface area contributed by atoms with Crippen molar-refractivity contribution in [3.63, 3.8) is 0 Å². The molecule has 18 heavy (non-hydrogen) atoms. The SMILES string of the molecule is CCN1CCC(N(C)c2ccncc2CCl)CC1. The molecule has 1 aromatic rings. The minimum Gasteiger partial charge on any atom is -0.371 e. The first-order valence-electron chi connectivity index (χ1n) is 6.70. The molecular weight excluding hydrogens is 246 g/mol. The van der Waals surface area contributed by atoms with Crippen molar-refractivity contribution in [3.05, 3.63) is 24.0 Å². The van der Waals surface area contributed by atoms with Gasteiger partial charge in [-0.05, 0) is 25.5 Å². The summed E-state index contributed by atoms with van der Waals surface area (Å²) in [6.07, 6.45) is 6.19. The van der Waals surface area contributed by atoms with E-state index in [1.165, 1.54) is 38.2 Å². The Morgan fingerprint density at radius 3 is 2.78 bits per heavy atom. The lowest BCUT2D eigenvalue weighted by atomic mass is 10.0. The van der Waals surface area contributed by atoms with Crippen LogP contribution in [0.1, 0.15) is 25.3 Å². The third-order valence-electron chi connectivity index (χ3n) is 3.95. The Balaban J connectivity index is 2.05. The van der Waals surface area contributed by atoms with Crippen LogP contribution in [-0.2, 0) is 5.88 Å². The molecule has 1 fully saturated rings. The van der Waals surface area contributed by atoms with Gasteiger partial charge >= 0.3 is 0 Å². The number of rotatable bonds is 4. The molecule has 4 heteroatoms. The molecule has 0 amide bonds. The maximum atomic E-state index is 5.99. The minimum atomic E-state index is 0.529. The highest BCUT2D eigenvalue weighted by molar-refractivity contribution is 6.17. The van der Waals surface area contributed by atoms with Gasteiger partial charge in [0.15, 0.2) is 0 Å². The van der Waals surface area contributed by atoms with Crippen LogP contribution in [0, 0.1) is 0 Å². The molecule has 1 aliphatic rings. The van der Waals surface area contributed by atoms with Crippen LogP contribution in [0.5, 0.6) is 0 Å². The molecule has 3 nitrogen and oxygen atoms in total. The molecule has 0 bridgehead atoms. The molecular formula is C14H22ClN3. The first-order valence-corrected chi connectivity index (χ1v) is 7.23. The van der Waals surface area contributed by atoms with Crippen molar-refractivity contribution in [2.45, 2.75) is 31.7 Å². The Hall–Kier alpha value is -0.800. The molecule has 0 spiro atoms. The van der Waals surface area contributed by atoms with Crippen LogP contribution in [0.4, 0.5) is 5.69 Å². The van der Waals surface area contributed by atoms with Gasteiger partial charge in [-0.15, -0.1) is 11.6 Å². The first-order chi connectivity index (χ1) is 8.76. The van der Waals surface area contributed by atoms with Crippen LogP contribution in [-0.4, -0.2) is 42.6 Å². The number of alkyl halides is 1. The van der Waals surface area contributed by atoms with Crippen molar-refractivity contribution >= 4 is 17.3 Å². The summed E-state index contributed by atoms with van der Waals surface area (Å²) in [6, 6.07) is 2.70. The summed E-state index contributed by atoms with van der Waals surface area (Å²) in [7, 11) is 2.18. The molecule has 0 aromatic carbocycles. The molecule has 0 radical (unpaired) electrons. The molecule has 2 rings (SSSR count). The van der Waals surface area contributed by atoms with Gasteiger partial charge < -0.3 is 9.80 Å². The number of aromatic nitrogens is 1. The topological polar surface area (TPSA) is 19.4 Å². The number of hydrogen-bond donors (Lipinski definition) is 0. The number of pyridine rings is 1. The van der Waals surface area contributed by atoms with E-state index in [1.54, 1.807) is 0 Å². The van der Waals surface area contributed by atoms with Gasteiger partial charge in [0.25, 0.3) is 0 Å². The quantitative estimate of drug-likeness (QED) is 0.782. The number of nitrogens with zero attached hydrogens (tertiary/aromatic N) is 3. The number of anilines is 1. The summed E-state index contributed by atoms with van der Waals surface area (Å²) in [5.74, 6) is 0.529. The van der Waals surface area contributed by atoms with Gasteiger partial charge in [0, 0.05) is 49.8 Å². The van der Waals surface area contributed by atoms with Gasteiger partial charge in [-0.2, -0.15) is 0 Å². The highest BCUT2D eigenvalue weighted by Gasteiger charge is 2.22. The molecule has 100 valence electrons. The fraction of sp³-hybridized carbons (Fsp3) is 0.643. The maximum Gasteiger partial charge on any atom is 0.0509 e. The monoisotopic (exact) mass is 267 g/mol. The smallest absolute Gasteiger partial charge is 0.0509 e. The number of piperidine rings is 1. The molecule has 0 saturated carbocycles. The van der Waals surface area contributed by atoms with Crippen molar-refractivity contribution in [3.8, 4) is 0 Å². The van der Waals surface area contributed by atoms with Crippen LogP contribution >= 0.6 is 11.6 Å². The lowest BCUT2D eigenvalue weighted by molar-refractivity contribution is 0.221. The highest BCUT2D eigenvalue weighted by Crippen LogP contribution is 2.25. The number of halogens is 1. The molecule has 0 N–H and O–H groups in total. The van der Waals surface area contributed by atoms with Crippen LogP contribution in [0.3, 0.4) is 0 Å². The van der Waals surface area contributed by atoms with Gasteiger partial charge in [-0.25, -0.2) is 0 Å². The Labute approximate surface area is 115 Å². The number of hydrogen-bond acceptors (Lipinski definition) is 3. The Kier molecular flexibility index (Phi) is 4.84. The van der Waals surface area contributed by atoms with Crippen LogP contribution in [0.25, 0.3) is 0 Å². The second kappa shape index (κ2) is 6.39. The Bertz CT molecular complexity index is 375. The second-order valence-electron chi connectivity index (χ2n) is 4.91. The summed E-state index contributed by atoms with van der Waals surface area (Å²) in [5, 5.41) is 0. The minimum absolute atomic E-state index is 0.529. The summed E-state index contributed by atoms with van der Waals surface area (Å²) < 4.78 is 0. The van der Waals surface area contributed by atoms with Gasteiger partial charge in [-0.3, -0.25) is 4.98 Å². The van der Waals surface area contributed by atoms with Crippen LogP contribution < -0.4 is 4.90 Å². The fourth-order valence-electron chi connectivity index (χ4n) is 2.69. The van der Waals surface area contributed by atoms with Crippen molar-refractivity contribution < 1.29 is 0 Å². The summed E-state index contributed by atoms with van der Waals surface area (Å²) >= 11 is 5.99. The van der Waals surface area contributed by atoms with Gasteiger partial charge in [-0.1, -0.05) is 6.92 Å². The van der Waals surface area contributed by atoms with E-state index in [1.807, 2.05) is 12.4 Å². The average Bonchev–Trinajstić information content (AvgIpc) is 2.46. The van der Waals surface area contributed by atoms with E-state index < -0.39 is 0 Å². The van der Waals surface area contributed by atoms with E-state index in [4.69, 9.17) is 11.6 Å². The summed E-state index contributed by atoms with van der Waals surface area (Å²) in [6.45, 7) is 5.80. The van der Waals surface area contributed by atoms with Crippen molar-refractivity contribution in [2.24, 2.45) is 0 Å². The van der Waals surface area contributed by atoms with E-state index in [0.717, 1.165) is 5.56 Å². The third kappa shape index (κ3) is 2.96. The molecule has 1 aromatic heterocycles. The standard InChI is InChI=1S/C14H22ClN3/c1-3-18-8-5-13(6-9-18)17(2)14-4-7-16-11-12(14)10-15/h4,7,11,13H,3,5-6,8-10H2,1-2H3. The highest BCUT2D eigenvalue weighted by atomic mass is 35.5. The normalized spacial score (nSPS) is 17.9. The van der Waals surface area contributed by atoms with Crippen molar-refractivity contribution in [1.29, 1.82) is 0 Å². The molecule has 1 saturated heterocycles. The van der Waals surface area contributed by atoms with Gasteiger partial charge in [0.2, 0.25) is 0 Å². The zero-order valence-electron chi connectivity index (χ0n) is 11.3. The molecule has 0 unspecified atom stereocenters.